The summed E-state index contributed by atoms with van der Waals surface area (Å²) in [5.41, 5.74) is 7.38. The summed E-state index contributed by atoms with van der Waals surface area (Å²) in [7, 11) is 3.24. The molecule has 1 heterocycles. The lowest BCUT2D eigenvalue weighted by Crippen LogP contribution is -2.13. The van der Waals surface area contributed by atoms with Crippen LogP contribution in [0.3, 0.4) is 0 Å². The summed E-state index contributed by atoms with van der Waals surface area (Å²) >= 11 is 0. The molecule has 0 saturated carbocycles. The number of rotatable bonds is 3. The molecule has 17 heavy (non-hydrogen) atoms. The Balaban J connectivity index is 2.31. The second-order valence-electron chi connectivity index (χ2n) is 3.79. The fourth-order valence-electron chi connectivity index (χ4n) is 1.65. The zero-order chi connectivity index (χ0) is 12.4. The molecule has 0 unspecified atom stereocenters. The topological polar surface area (TPSA) is 53.1 Å². The van der Waals surface area contributed by atoms with Gasteiger partial charge in [0.1, 0.15) is 0 Å². The molecule has 2 aromatic rings. The van der Waals surface area contributed by atoms with Crippen molar-refractivity contribution in [2.75, 3.05) is 7.11 Å². The van der Waals surface area contributed by atoms with Crippen LogP contribution in [0.1, 0.15) is 17.3 Å². The molecule has 0 amide bonds. The first-order valence-electron chi connectivity index (χ1n) is 5.20. The van der Waals surface area contributed by atoms with E-state index in [9.17, 15) is 4.39 Å². The van der Waals surface area contributed by atoms with Gasteiger partial charge in [0.15, 0.2) is 11.6 Å². The highest BCUT2D eigenvalue weighted by Crippen LogP contribution is 2.23. The Labute approximate surface area is 98.8 Å². The average molecular weight is 235 g/mol. The lowest BCUT2D eigenvalue weighted by molar-refractivity contribution is 0.386. The highest BCUT2D eigenvalue weighted by atomic mass is 19.1. The number of halogens is 1. The summed E-state index contributed by atoms with van der Waals surface area (Å²) in [5, 5.41) is 4.20. The van der Waals surface area contributed by atoms with Gasteiger partial charge in [-0.2, -0.15) is 5.10 Å². The predicted octanol–water partition coefficient (Wildman–Crippen LogP) is 1.62. The van der Waals surface area contributed by atoms with Gasteiger partial charge in [-0.1, -0.05) is 6.07 Å². The van der Waals surface area contributed by atoms with E-state index < -0.39 is 11.9 Å². The maximum atomic E-state index is 13.5. The predicted molar refractivity (Wildman–Crippen MR) is 62.2 cm³/mol. The van der Waals surface area contributed by atoms with Crippen LogP contribution in [-0.4, -0.2) is 16.9 Å². The van der Waals surface area contributed by atoms with E-state index in [1.54, 1.807) is 23.0 Å². The van der Waals surface area contributed by atoms with Gasteiger partial charge < -0.3 is 10.5 Å². The smallest absolute Gasteiger partial charge is 0.165 e. The van der Waals surface area contributed by atoms with Crippen molar-refractivity contribution in [2.45, 2.75) is 6.04 Å². The number of nitrogens with two attached hydrogens (primary N) is 1. The molecule has 4 nitrogen and oxygen atoms in total. The molecule has 5 heteroatoms. The second-order valence-corrected chi connectivity index (χ2v) is 3.79. The molecular weight excluding hydrogens is 221 g/mol. The molecule has 2 rings (SSSR count). The van der Waals surface area contributed by atoms with Crippen LogP contribution in [0.4, 0.5) is 4.39 Å². The molecule has 90 valence electrons. The summed E-state index contributed by atoms with van der Waals surface area (Å²) in [6, 6.07) is 6.05. The van der Waals surface area contributed by atoms with Gasteiger partial charge in [0.25, 0.3) is 0 Å². The largest absolute Gasteiger partial charge is 0.494 e. The van der Waals surface area contributed by atoms with E-state index in [-0.39, 0.29) is 5.75 Å². The minimum absolute atomic E-state index is 0.210. The minimum Gasteiger partial charge on any atom is -0.494 e. The van der Waals surface area contributed by atoms with Crippen LogP contribution < -0.4 is 10.5 Å². The summed E-state index contributed by atoms with van der Waals surface area (Å²) in [6.45, 7) is 0. The van der Waals surface area contributed by atoms with Crippen LogP contribution in [0.25, 0.3) is 0 Å². The molecule has 0 aliphatic rings. The van der Waals surface area contributed by atoms with Crippen LogP contribution in [0, 0.1) is 5.82 Å². The quantitative estimate of drug-likeness (QED) is 0.879. The van der Waals surface area contributed by atoms with Crippen molar-refractivity contribution < 1.29 is 9.13 Å². The Morgan fingerprint density at radius 1 is 1.41 bits per heavy atom. The molecule has 0 aliphatic carbocycles. The molecule has 0 radical (unpaired) electrons. The van der Waals surface area contributed by atoms with E-state index in [1.165, 1.54) is 13.2 Å². The van der Waals surface area contributed by atoms with E-state index in [1.807, 2.05) is 13.1 Å². The number of hydrogen-bond acceptors (Lipinski definition) is 3. The standard InChI is InChI=1S/C12H14FN3O/c1-16-6-5-10(15-16)12(14)8-3-4-11(17-2)9(13)7-8/h3-7,12H,14H2,1-2H3/t12-/m1/s1. The number of methoxy groups -OCH3 is 1. The highest BCUT2D eigenvalue weighted by molar-refractivity contribution is 5.34. The highest BCUT2D eigenvalue weighted by Gasteiger charge is 2.13. The third kappa shape index (κ3) is 2.29. The SMILES string of the molecule is COc1ccc([C@@H](N)c2ccn(C)n2)cc1F. The number of hydrogen-bond donors (Lipinski definition) is 1. The monoisotopic (exact) mass is 235 g/mol. The van der Waals surface area contributed by atoms with Crippen LogP contribution >= 0.6 is 0 Å². The normalized spacial score (nSPS) is 12.5. The van der Waals surface area contributed by atoms with Crippen molar-refractivity contribution in [3.8, 4) is 5.75 Å². The summed E-state index contributed by atoms with van der Waals surface area (Å²) in [6.07, 6.45) is 1.80. The lowest BCUT2D eigenvalue weighted by Gasteiger charge is -2.10. The van der Waals surface area contributed by atoms with Gasteiger partial charge in [-0.05, 0) is 23.8 Å². The second kappa shape index (κ2) is 4.55. The third-order valence-corrected chi connectivity index (χ3v) is 2.59. The van der Waals surface area contributed by atoms with Crippen molar-refractivity contribution in [3.63, 3.8) is 0 Å². The third-order valence-electron chi connectivity index (χ3n) is 2.59. The van der Waals surface area contributed by atoms with Crippen LogP contribution in [0.2, 0.25) is 0 Å². The van der Waals surface area contributed by atoms with Crippen LogP contribution in [-0.2, 0) is 7.05 Å². The van der Waals surface area contributed by atoms with Crippen molar-refractivity contribution in [1.82, 2.24) is 9.78 Å². The van der Waals surface area contributed by atoms with Crippen LogP contribution in [0.5, 0.6) is 5.75 Å². The zero-order valence-corrected chi connectivity index (χ0v) is 9.72. The first-order chi connectivity index (χ1) is 8.11. The molecule has 0 bridgehead atoms. The average Bonchev–Trinajstić information content (AvgIpc) is 2.75. The fourth-order valence-corrected chi connectivity index (χ4v) is 1.65. The van der Waals surface area contributed by atoms with Gasteiger partial charge in [-0.25, -0.2) is 4.39 Å². The van der Waals surface area contributed by atoms with Gasteiger partial charge in [0.2, 0.25) is 0 Å². The molecule has 2 N–H and O–H groups in total. The Hall–Kier alpha value is -1.88. The first-order valence-corrected chi connectivity index (χ1v) is 5.20. The lowest BCUT2D eigenvalue weighted by atomic mass is 10.0. The molecule has 1 atom stereocenters. The Morgan fingerprint density at radius 3 is 2.71 bits per heavy atom. The van der Waals surface area contributed by atoms with Crippen molar-refractivity contribution in [3.05, 3.63) is 47.5 Å². The molecule has 1 aromatic heterocycles. The van der Waals surface area contributed by atoms with Crippen LogP contribution in [0.15, 0.2) is 30.5 Å². The summed E-state index contributed by atoms with van der Waals surface area (Å²) in [4.78, 5) is 0. The minimum atomic E-state index is -0.434. The van der Waals surface area contributed by atoms with E-state index in [0.29, 0.717) is 11.3 Å². The summed E-state index contributed by atoms with van der Waals surface area (Å²) < 4.78 is 20.0. The fraction of sp³-hybridized carbons (Fsp3) is 0.250. The number of nitrogens with zero attached hydrogens (tertiary/aromatic N) is 2. The molecule has 1 aromatic carbocycles. The number of ether oxygens (including phenoxy) is 1. The van der Waals surface area contributed by atoms with Gasteiger partial charge in [0, 0.05) is 13.2 Å². The number of aromatic nitrogens is 2. The zero-order valence-electron chi connectivity index (χ0n) is 9.72. The maximum absolute atomic E-state index is 13.5. The summed E-state index contributed by atoms with van der Waals surface area (Å²) in [5.74, 6) is -0.210. The van der Waals surface area contributed by atoms with Crippen molar-refractivity contribution in [2.24, 2.45) is 12.8 Å². The Bertz CT molecular complexity index is 524. The molecule has 0 spiro atoms. The van der Waals surface area contributed by atoms with E-state index in [4.69, 9.17) is 10.5 Å². The molecular formula is C12H14FN3O. The molecule has 0 aliphatic heterocycles. The van der Waals surface area contributed by atoms with Crippen molar-refractivity contribution >= 4 is 0 Å². The van der Waals surface area contributed by atoms with Gasteiger partial charge >= 0.3 is 0 Å². The van der Waals surface area contributed by atoms with E-state index in [2.05, 4.69) is 5.10 Å². The maximum Gasteiger partial charge on any atom is 0.165 e. The molecule has 0 saturated heterocycles. The van der Waals surface area contributed by atoms with Gasteiger partial charge in [-0.3, -0.25) is 4.68 Å². The Kier molecular flexibility index (Phi) is 3.10. The van der Waals surface area contributed by atoms with E-state index >= 15 is 0 Å². The van der Waals surface area contributed by atoms with Gasteiger partial charge in [-0.15, -0.1) is 0 Å². The molecule has 0 fully saturated rings. The number of benzene rings is 1. The van der Waals surface area contributed by atoms with Crippen molar-refractivity contribution in [1.29, 1.82) is 0 Å². The Morgan fingerprint density at radius 2 is 2.18 bits per heavy atom. The number of aryl methyl sites for hydroxylation is 1. The van der Waals surface area contributed by atoms with E-state index in [0.717, 1.165) is 0 Å². The van der Waals surface area contributed by atoms with Gasteiger partial charge in [0.05, 0.1) is 18.8 Å². The first kappa shape index (κ1) is 11.6.